The molecule has 0 N–H and O–H groups in total. The predicted molar refractivity (Wildman–Crippen MR) is 130 cm³/mol. The second-order valence-corrected chi connectivity index (χ2v) is 4.10. The highest BCUT2D eigenvalue weighted by molar-refractivity contribution is 4.92. The van der Waals surface area contributed by atoms with Crippen LogP contribution in [0.1, 0.15) is 124 Å². The van der Waals surface area contributed by atoms with E-state index in [1.807, 2.05) is 20.8 Å². The highest BCUT2D eigenvalue weighted by Crippen LogP contribution is 1.88. The van der Waals surface area contributed by atoms with Gasteiger partial charge in [0.05, 0.1) is 0 Å². The van der Waals surface area contributed by atoms with Crippen molar-refractivity contribution in [3.05, 3.63) is 12.2 Å². The van der Waals surface area contributed by atoms with Crippen LogP contribution in [0.25, 0.3) is 0 Å². The Morgan fingerprint density at radius 2 is 1.24 bits per heavy atom. The molecule has 25 heavy (non-hydrogen) atoms. The molecule has 0 spiro atoms. The van der Waals surface area contributed by atoms with Gasteiger partial charge in [0.25, 0.3) is 0 Å². The minimum atomic E-state index is 0. The number of methoxy groups -OCH3 is 1. The Morgan fingerprint density at radius 1 is 0.800 bits per heavy atom. The van der Waals surface area contributed by atoms with Crippen LogP contribution < -0.4 is 0 Å². The second kappa shape index (κ2) is 90.9. The zero-order valence-electron chi connectivity index (χ0n) is 15.5. The largest absolute Gasteiger partial charge is 0.385 e. The van der Waals surface area contributed by atoms with Crippen molar-refractivity contribution in [2.75, 3.05) is 13.7 Å². The third-order valence-electron chi connectivity index (χ3n) is 1.94. The van der Waals surface area contributed by atoms with Crippen molar-refractivity contribution in [2.45, 2.75) is 124 Å². The van der Waals surface area contributed by atoms with Crippen molar-refractivity contribution >= 4 is 0 Å². The van der Waals surface area contributed by atoms with E-state index in [1.165, 1.54) is 19.3 Å². The first-order valence-electron chi connectivity index (χ1n) is 8.15. The molecule has 0 bridgehead atoms. The van der Waals surface area contributed by atoms with Gasteiger partial charge in [-0.3, -0.25) is 0 Å². The lowest BCUT2D eigenvalue weighted by molar-refractivity contribution is 0.199. The number of allylic oxidation sites excluding steroid dienone is 2. The first kappa shape index (κ1) is 56.4. The fourth-order valence-electron chi connectivity index (χ4n) is 0.970. The van der Waals surface area contributed by atoms with Crippen LogP contribution in [0.4, 0.5) is 0 Å². The van der Waals surface area contributed by atoms with Gasteiger partial charge in [0.1, 0.15) is 0 Å². The maximum atomic E-state index is 4.69. The highest BCUT2D eigenvalue weighted by atomic mass is 16.5. The van der Waals surface area contributed by atoms with E-state index in [-0.39, 0.29) is 37.1 Å². The Labute approximate surface area is 167 Å². The Morgan fingerprint density at radius 3 is 1.24 bits per heavy atom. The van der Waals surface area contributed by atoms with E-state index in [0.717, 1.165) is 25.9 Å². The lowest BCUT2D eigenvalue weighted by Gasteiger charge is -1.84. The zero-order chi connectivity index (χ0) is 16.5. The summed E-state index contributed by atoms with van der Waals surface area (Å²) < 4.78 is 4.69. The number of hydrogen-bond acceptors (Lipinski definition) is 1. The molecule has 0 atom stereocenters. The van der Waals surface area contributed by atoms with Crippen molar-refractivity contribution in [1.29, 1.82) is 0 Å². The van der Waals surface area contributed by atoms with E-state index in [0.29, 0.717) is 0 Å². The number of ether oxygens (including phenoxy) is 1. The van der Waals surface area contributed by atoms with Crippen molar-refractivity contribution in [3.63, 3.8) is 0 Å². The summed E-state index contributed by atoms with van der Waals surface area (Å²) >= 11 is 0. The van der Waals surface area contributed by atoms with Crippen LogP contribution in [0.5, 0.6) is 0 Å². The van der Waals surface area contributed by atoms with Crippen LogP contribution in [0.2, 0.25) is 0 Å². The van der Waals surface area contributed by atoms with Crippen LogP contribution in [-0.4, -0.2) is 13.7 Å². The monoisotopic (exact) mass is 364 g/mol. The Balaban J connectivity index is -0.0000000183. The van der Waals surface area contributed by atoms with Gasteiger partial charge in [-0.2, -0.15) is 0 Å². The molecule has 1 heteroatoms. The molecular formula is C24H60O. The van der Waals surface area contributed by atoms with E-state index in [4.69, 9.17) is 4.74 Å². The van der Waals surface area contributed by atoms with Crippen molar-refractivity contribution < 1.29 is 4.74 Å². The molecule has 0 aliphatic heterocycles. The molecule has 0 saturated carbocycles. The molecule has 0 aromatic heterocycles. The topological polar surface area (TPSA) is 9.23 Å². The second-order valence-electron chi connectivity index (χ2n) is 4.10. The maximum absolute atomic E-state index is 4.69. The molecule has 0 aromatic carbocycles. The third kappa shape index (κ3) is 199. The van der Waals surface area contributed by atoms with E-state index < -0.39 is 0 Å². The van der Waals surface area contributed by atoms with Gasteiger partial charge in [0.2, 0.25) is 0 Å². The number of hydrogen-bond donors (Lipinski definition) is 0. The lowest BCUT2D eigenvalue weighted by atomic mass is 10.3. The van der Waals surface area contributed by atoms with Crippen LogP contribution in [0.3, 0.4) is 0 Å². The van der Waals surface area contributed by atoms with Gasteiger partial charge in [-0.1, -0.05) is 103 Å². The average Bonchev–Trinajstić information content (AvgIpc) is 2.44. The summed E-state index contributed by atoms with van der Waals surface area (Å²) in [7, 11) is 1.71. The molecule has 162 valence electrons. The first-order valence-corrected chi connectivity index (χ1v) is 8.15. The van der Waals surface area contributed by atoms with E-state index in [2.05, 4.69) is 51.7 Å². The van der Waals surface area contributed by atoms with Crippen LogP contribution in [0, 0.1) is 11.8 Å². The quantitative estimate of drug-likeness (QED) is 0.348. The Hall–Kier alpha value is -0.740. The van der Waals surface area contributed by atoms with Crippen molar-refractivity contribution in [2.24, 2.45) is 0 Å². The van der Waals surface area contributed by atoms with Gasteiger partial charge in [-0.15, -0.1) is 11.8 Å². The predicted octanol–water partition coefficient (Wildman–Crippen LogP) is 9.81. The van der Waals surface area contributed by atoms with Gasteiger partial charge in [0, 0.05) is 20.1 Å². The van der Waals surface area contributed by atoms with Crippen LogP contribution in [-0.2, 0) is 4.74 Å². The molecule has 0 radical (unpaired) electrons. The molecule has 0 saturated heterocycles. The molecule has 0 aliphatic rings. The molecule has 0 amide bonds. The minimum absolute atomic E-state index is 0. The highest BCUT2D eigenvalue weighted by Gasteiger charge is 1.68. The maximum Gasteiger partial charge on any atom is 0.0459 e. The summed E-state index contributed by atoms with van der Waals surface area (Å²) in [4.78, 5) is 0. The number of rotatable bonds is 5. The zero-order valence-corrected chi connectivity index (χ0v) is 15.5. The fourth-order valence-corrected chi connectivity index (χ4v) is 0.970. The van der Waals surface area contributed by atoms with E-state index in [1.54, 1.807) is 7.11 Å². The summed E-state index contributed by atoms with van der Waals surface area (Å²) in [6.07, 6.45) is 11.5. The van der Waals surface area contributed by atoms with Gasteiger partial charge in [-0.25, -0.2) is 0 Å². The molecule has 0 aliphatic carbocycles. The number of unbranched alkanes of at least 4 members (excludes halogenated alkanes) is 2. The minimum Gasteiger partial charge on any atom is -0.385 e. The smallest absolute Gasteiger partial charge is 0.0459 e. The standard InChI is InChI=1S/C5H12.C5H10.C5H8.C4H10O.5CH4/c3*1-3-5-4-2;1-3-4-5-2;;;;;/h3-5H2,1-2H3;3,5H,4H2,1-2H3;3H2,1-2H3;3-4H2,1-2H3;5*1H4. The fraction of sp³-hybridized carbons (Fsp3) is 0.833. The van der Waals surface area contributed by atoms with Crippen LogP contribution in [0.15, 0.2) is 12.2 Å². The van der Waals surface area contributed by atoms with Gasteiger partial charge in [0.15, 0.2) is 0 Å². The summed E-state index contributed by atoms with van der Waals surface area (Å²) in [5.41, 5.74) is 0. The third-order valence-corrected chi connectivity index (χ3v) is 1.94. The summed E-state index contributed by atoms with van der Waals surface area (Å²) in [6.45, 7) is 15.4. The average molecular weight is 365 g/mol. The molecule has 0 rings (SSSR count). The van der Waals surface area contributed by atoms with Crippen molar-refractivity contribution in [1.82, 2.24) is 0 Å². The first-order chi connectivity index (χ1) is 9.66. The van der Waals surface area contributed by atoms with Gasteiger partial charge < -0.3 is 4.74 Å². The molecule has 0 unspecified atom stereocenters. The van der Waals surface area contributed by atoms with E-state index >= 15 is 0 Å². The van der Waals surface area contributed by atoms with Gasteiger partial charge >= 0.3 is 0 Å². The summed E-state index contributed by atoms with van der Waals surface area (Å²) in [6, 6.07) is 0. The molecule has 0 aromatic rings. The summed E-state index contributed by atoms with van der Waals surface area (Å²) in [5.74, 6) is 5.63. The molecule has 0 heterocycles. The van der Waals surface area contributed by atoms with Gasteiger partial charge in [-0.05, 0) is 26.7 Å². The van der Waals surface area contributed by atoms with E-state index in [9.17, 15) is 0 Å². The Bertz CT molecular complexity index is 174. The molecule has 1 nitrogen and oxygen atoms in total. The van der Waals surface area contributed by atoms with Crippen molar-refractivity contribution in [3.8, 4) is 11.8 Å². The Kier molecular flexibility index (Phi) is 205. The van der Waals surface area contributed by atoms with Crippen LogP contribution >= 0.6 is 0 Å². The molecular weight excluding hydrogens is 304 g/mol. The SMILES string of the molecule is C.C.C.C.C.CC#CCC.CC=CCC.CCCCC.CCCOC. The lowest BCUT2D eigenvalue weighted by Crippen LogP contribution is -1.80. The summed E-state index contributed by atoms with van der Waals surface area (Å²) in [5, 5.41) is 0. The molecule has 0 fully saturated rings. The normalized spacial score (nSPS) is 6.40.